The van der Waals surface area contributed by atoms with Crippen molar-refractivity contribution in [2.75, 3.05) is 20.8 Å². The Hall–Kier alpha value is -3.02. The highest BCUT2D eigenvalue weighted by molar-refractivity contribution is 6.02. The molecule has 2 aromatic carbocycles. The Bertz CT molecular complexity index is 1060. The lowest BCUT2D eigenvalue weighted by Gasteiger charge is -2.27. The highest BCUT2D eigenvalue weighted by atomic mass is 16.6. The number of methoxy groups -OCH3 is 2. The summed E-state index contributed by atoms with van der Waals surface area (Å²) in [6, 6.07) is 9.58. The van der Waals surface area contributed by atoms with E-state index in [9.17, 15) is 9.59 Å². The Balaban J connectivity index is 1.47. The summed E-state index contributed by atoms with van der Waals surface area (Å²) in [5.74, 6) is 1.71. The minimum Gasteiger partial charge on any atom is -0.493 e. The number of carbonyl (C=O) groups excluding carboxylic acids is 2. The van der Waals surface area contributed by atoms with Crippen molar-refractivity contribution in [1.82, 2.24) is 0 Å². The molecule has 0 unspecified atom stereocenters. The second-order valence-corrected chi connectivity index (χ2v) is 8.95. The monoisotopic (exact) mass is 436 g/mol. The van der Waals surface area contributed by atoms with E-state index in [2.05, 4.69) is 0 Å². The van der Waals surface area contributed by atoms with Gasteiger partial charge in [-0.2, -0.15) is 0 Å². The maximum absolute atomic E-state index is 12.4. The summed E-state index contributed by atoms with van der Waals surface area (Å²) in [6.45, 7) is 0.260. The zero-order valence-corrected chi connectivity index (χ0v) is 18.6. The van der Waals surface area contributed by atoms with Gasteiger partial charge in [0.1, 0.15) is 12.2 Å². The third-order valence-corrected chi connectivity index (χ3v) is 6.91. The van der Waals surface area contributed by atoms with Crippen LogP contribution in [0.2, 0.25) is 0 Å². The number of carbonyl (C=O) groups is 2. The molecule has 6 nitrogen and oxygen atoms in total. The SMILES string of the molecule is COc1ccc(-c2cccc3c2CCC3=O)c(OCC2(OC(=O)C3CCC3)CC2)c1OC. The summed E-state index contributed by atoms with van der Waals surface area (Å²) in [5.41, 5.74) is 3.05. The van der Waals surface area contributed by atoms with Crippen LogP contribution in [0.25, 0.3) is 11.1 Å². The van der Waals surface area contributed by atoms with E-state index in [0.29, 0.717) is 30.1 Å². The van der Waals surface area contributed by atoms with Crippen molar-refractivity contribution in [3.8, 4) is 28.4 Å². The lowest BCUT2D eigenvalue weighted by molar-refractivity contribution is -0.161. The summed E-state index contributed by atoms with van der Waals surface area (Å²) in [4.78, 5) is 24.7. The third-order valence-electron chi connectivity index (χ3n) is 6.91. The number of benzene rings is 2. The lowest BCUT2D eigenvalue weighted by atomic mass is 9.85. The molecule has 2 saturated carbocycles. The molecule has 32 heavy (non-hydrogen) atoms. The van der Waals surface area contributed by atoms with Crippen LogP contribution in [-0.4, -0.2) is 38.2 Å². The van der Waals surface area contributed by atoms with Crippen LogP contribution in [0.1, 0.15) is 54.4 Å². The van der Waals surface area contributed by atoms with Gasteiger partial charge in [0.15, 0.2) is 17.3 Å². The largest absolute Gasteiger partial charge is 0.493 e. The number of rotatable bonds is 8. The van der Waals surface area contributed by atoms with Gasteiger partial charge in [-0.05, 0) is 55.4 Å². The van der Waals surface area contributed by atoms with Crippen molar-refractivity contribution in [2.45, 2.75) is 50.5 Å². The van der Waals surface area contributed by atoms with Gasteiger partial charge in [-0.25, -0.2) is 0 Å². The van der Waals surface area contributed by atoms with Crippen LogP contribution < -0.4 is 14.2 Å². The van der Waals surface area contributed by atoms with E-state index >= 15 is 0 Å². The Morgan fingerprint density at radius 2 is 1.75 bits per heavy atom. The van der Waals surface area contributed by atoms with Gasteiger partial charge in [-0.1, -0.05) is 24.6 Å². The molecule has 3 aliphatic rings. The third kappa shape index (κ3) is 3.61. The molecule has 168 valence electrons. The molecular formula is C26H28O6. The minimum absolute atomic E-state index is 0.0406. The second-order valence-electron chi connectivity index (χ2n) is 8.95. The average Bonchev–Trinajstić information content (AvgIpc) is 3.42. The molecule has 0 amide bonds. The molecular weight excluding hydrogens is 408 g/mol. The van der Waals surface area contributed by atoms with Crippen molar-refractivity contribution < 1.29 is 28.5 Å². The molecule has 0 N–H and O–H groups in total. The molecule has 5 rings (SSSR count). The Kier molecular flexibility index (Phi) is 5.31. The molecule has 2 aromatic rings. The van der Waals surface area contributed by atoms with Crippen LogP contribution in [0.3, 0.4) is 0 Å². The molecule has 0 atom stereocenters. The van der Waals surface area contributed by atoms with E-state index < -0.39 is 5.60 Å². The number of hydrogen-bond donors (Lipinski definition) is 0. The molecule has 0 aliphatic heterocycles. The first-order valence-electron chi connectivity index (χ1n) is 11.3. The summed E-state index contributed by atoms with van der Waals surface area (Å²) >= 11 is 0. The van der Waals surface area contributed by atoms with Gasteiger partial charge >= 0.3 is 5.97 Å². The minimum atomic E-state index is -0.563. The zero-order chi connectivity index (χ0) is 22.3. The zero-order valence-electron chi connectivity index (χ0n) is 18.6. The average molecular weight is 437 g/mol. The smallest absolute Gasteiger partial charge is 0.309 e. The van der Waals surface area contributed by atoms with Crippen LogP contribution in [0.5, 0.6) is 17.2 Å². The van der Waals surface area contributed by atoms with Crippen molar-refractivity contribution in [2.24, 2.45) is 5.92 Å². The Morgan fingerprint density at radius 1 is 0.969 bits per heavy atom. The molecule has 0 radical (unpaired) electrons. The van der Waals surface area contributed by atoms with Crippen molar-refractivity contribution in [3.63, 3.8) is 0 Å². The van der Waals surface area contributed by atoms with E-state index in [-0.39, 0.29) is 24.3 Å². The highest BCUT2D eigenvalue weighted by Crippen LogP contribution is 2.49. The van der Waals surface area contributed by atoms with E-state index in [0.717, 1.165) is 54.4 Å². The van der Waals surface area contributed by atoms with Gasteiger partial charge < -0.3 is 18.9 Å². The number of esters is 1. The topological polar surface area (TPSA) is 71.1 Å². The highest BCUT2D eigenvalue weighted by Gasteiger charge is 2.49. The van der Waals surface area contributed by atoms with Gasteiger partial charge in [-0.3, -0.25) is 9.59 Å². The fraction of sp³-hybridized carbons (Fsp3) is 0.462. The first-order valence-corrected chi connectivity index (χ1v) is 11.3. The standard InChI is InChI=1S/C26H28O6/c1-29-22-12-10-20(17-7-4-8-19-18(17)9-11-21(19)27)23(24(22)30-2)31-15-26(13-14-26)32-25(28)16-5-3-6-16/h4,7-8,10,12,16H,3,5-6,9,11,13-15H2,1-2H3. The number of Topliss-reactive ketones (excluding diaryl/α,β-unsaturated/α-hetero) is 1. The van der Waals surface area contributed by atoms with Crippen molar-refractivity contribution in [1.29, 1.82) is 0 Å². The van der Waals surface area contributed by atoms with Gasteiger partial charge in [0.2, 0.25) is 5.75 Å². The molecule has 0 aromatic heterocycles. The molecule has 0 spiro atoms. The summed E-state index contributed by atoms with van der Waals surface area (Å²) in [6.07, 6.45) is 5.75. The van der Waals surface area contributed by atoms with Gasteiger partial charge in [0, 0.05) is 17.5 Å². The van der Waals surface area contributed by atoms with Crippen LogP contribution >= 0.6 is 0 Å². The molecule has 0 heterocycles. The molecule has 6 heteroatoms. The molecule has 2 fully saturated rings. The number of ketones is 1. The van der Waals surface area contributed by atoms with E-state index in [4.69, 9.17) is 18.9 Å². The predicted octanol–water partition coefficient (Wildman–Crippen LogP) is 4.75. The Labute approximate surface area is 187 Å². The van der Waals surface area contributed by atoms with E-state index in [1.54, 1.807) is 14.2 Å². The predicted molar refractivity (Wildman–Crippen MR) is 119 cm³/mol. The first-order chi connectivity index (χ1) is 15.5. The maximum atomic E-state index is 12.4. The fourth-order valence-corrected chi connectivity index (χ4v) is 4.56. The molecule has 3 aliphatic carbocycles. The summed E-state index contributed by atoms with van der Waals surface area (Å²) < 4.78 is 23.4. The Morgan fingerprint density at radius 3 is 2.41 bits per heavy atom. The fourth-order valence-electron chi connectivity index (χ4n) is 4.56. The van der Waals surface area contributed by atoms with Crippen molar-refractivity contribution in [3.05, 3.63) is 41.5 Å². The van der Waals surface area contributed by atoms with E-state index in [1.807, 2.05) is 30.3 Å². The number of fused-ring (bicyclic) bond motifs is 1. The van der Waals surface area contributed by atoms with E-state index in [1.165, 1.54) is 0 Å². The summed E-state index contributed by atoms with van der Waals surface area (Å²) in [7, 11) is 3.17. The van der Waals surface area contributed by atoms with Gasteiger partial charge in [0.05, 0.1) is 20.1 Å². The van der Waals surface area contributed by atoms with Crippen molar-refractivity contribution >= 4 is 11.8 Å². The molecule has 0 bridgehead atoms. The second kappa shape index (κ2) is 8.15. The van der Waals surface area contributed by atoms with Crippen LogP contribution in [0.15, 0.2) is 30.3 Å². The summed E-state index contributed by atoms with van der Waals surface area (Å²) in [5, 5.41) is 0. The van der Waals surface area contributed by atoms with Crippen LogP contribution in [0.4, 0.5) is 0 Å². The quantitative estimate of drug-likeness (QED) is 0.556. The number of ether oxygens (including phenoxy) is 4. The van der Waals surface area contributed by atoms with Gasteiger partial charge in [-0.15, -0.1) is 0 Å². The van der Waals surface area contributed by atoms with Crippen LogP contribution in [0, 0.1) is 5.92 Å². The molecule has 0 saturated heterocycles. The maximum Gasteiger partial charge on any atom is 0.309 e. The first kappa shape index (κ1) is 20.9. The van der Waals surface area contributed by atoms with Gasteiger partial charge in [0.25, 0.3) is 0 Å². The van der Waals surface area contributed by atoms with Crippen LogP contribution in [-0.2, 0) is 16.0 Å². The lowest BCUT2D eigenvalue weighted by Crippen LogP contribution is -2.33. The normalized spacial score (nSPS) is 18.5. The number of hydrogen-bond acceptors (Lipinski definition) is 6.